The van der Waals surface area contributed by atoms with Crippen molar-refractivity contribution in [3.05, 3.63) is 36.4 Å². The Hall–Kier alpha value is -4.74. The first-order chi connectivity index (χ1) is 28.4. The van der Waals surface area contributed by atoms with Gasteiger partial charge in [0.1, 0.15) is 23.4 Å². The molecule has 1 aromatic carbocycles. The van der Waals surface area contributed by atoms with Gasteiger partial charge in [-0.05, 0) is 115 Å². The average molecular weight is 876 g/mol. The Kier molecular flexibility index (Phi) is 12.4. The highest BCUT2D eigenvalue weighted by Crippen LogP contribution is 2.52. The summed E-state index contributed by atoms with van der Waals surface area (Å²) in [6, 6.07) is -2.41. The number of benzene rings is 1. The molecule has 4 amide bonds. The van der Waals surface area contributed by atoms with Crippen molar-refractivity contribution < 1.29 is 55.7 Å². The highest BCUT2D eigenvalue weighted by atomic mass is 32.2. The molecule has 6 rings (SSSR count). The molecule has 336 valence electrons. The third-order valence-corrected chi connectivity index (χ3v) is 15.1. The molecule has 0 bridgehead atoms. The highest BCUT2D eigenvalue weighted by Gasteiger charge is 2.71. The molecule has 2 aromatic rings. The lowest BCUT2D eigenvalue weighted by molar-refractivity contribution is -0.219. The first kappa shape index (κ1) is 45.8. The summed E-state index contributed by atoms with van der Waals surface area (Å²) in [5.74, 6) is -4.88. The summed E-state index contributed by atoms with van der Waals surface area (Å²) in [7, 11) is -2.71. The number of hydrogen-bond donors (Lipinski definition) is 3. The van der Waals surface area contributed by atoms with E-state index in [4.69, 9.17) is 14.2 Å². The van der Waals surface area contributed by atoms with E-state index in [1.165, 1.54) is 14.0 Å². The van der Waals surface area contributed by atoms with Crippen molar-refractivity contribution in [2.24, 2.45) is 17.8 Å². The van der Waals surface area contributed by atoms with E-state index in [2.05, 4.69) is 15.0 Å². The minimum atomic E-state index is -4.32. The maximum atomic E-state index is 17.8. The van der Waals surface area contributed by atoms with E-state index in [0.717, 1.165) is 11.8 Å². The number of amides is 4. The van der Waals surface area contributed by atoms with E-state index in [1.807, 2.05) is 13.0 Å². The van der Waals surface area contributed by atoms with Crippen LogP contribution in [0, 0.1) is 17.8 Å². The molecule has 3 fully saturated rings. The number of alkyl halides is 2. The number of allylic oxidation sites excluding steroid dienone is 1. The number of ether oxygens (including phenoxy) is 3. The van der Waals surface area contributed by atoms with E-state index in [-0.39, 0.29) is 53.3 Å². The molecule has 2 aliphatic heterocycles. The van der Waals surface area contributed by atoms with Gasteiger partial charge in [0, 0.05) is 29.8 Å². The number of carbonyl (C=O) groups excluding carboxylic acids is 3. The second-order valence-corrected chi connectivity index (χ2v) is 20.4. The van der Waals surface area contributed by atoms with E-state index < -0.39 is 92.2 Å². The number of rotatable bonds is 11. The van der Waals surface area contributed by atoms with Crippen LogP contribution in [0.3, 0.4) is 0 Å². The molecule has 2 aliphatic carbocycles. The Bertz CT molecular complexity index is 2200. The quantitative estimate of drug-likeness (QED) is 0.167. The number of nitrogens with one attached hydrogen (secondary N) is 2. The molecule has 61 heavy (non-hydrogen) atoms. The van der Waals surface area contributed by atoms with Crippen molar-refractivity contribution in [1.82, 2.24) is 24.8 Å². The Balaban J connectivity index is 1.50. The fraction of sp³-hybridized carbons (Fsp3) is 0.651. The number of halogens is 2. The Labute approximate surface area is 356 Å². The molecule has 1 unspecified atom stereocenters. The van der Waals surface area contributed by atoms with Gasteiger partial charge >= 0.3 is 12.1 Å². The number of aromatic nitrogens is 1. The van der Waals surface area contributed by atoms with Gasteiger partial charge in [-0.15, -0.1) is 0 Å². The molecule has 0 radical (unpaired) electrons. The molecule has 0 spiro atoms. The summed E-state index contributed by atoms with van der Waals surface area (Å²) in [4.78, 5) is 62.6. The summed E-state index contributed by atoms with van der Waals surface area (Å²) in [5, 5.41) is 14.0. The fourth-order valence-corrected chi connectivity index (χ4v) is 10.00. The summed E-state index contributed by atoms with van der Waals surface area (Å²) >= 11 is 0. The normalized spacial score (nSPS) is 30.8. The SMILES string of the molecule is CCC(C)N(C(=O)O)[C@@H]1C(=O)N2[C@@H](C[C@@](C)(Oc3nc(OC(C)C)cc4cc(OC)ccc34)C2(F)F)C(=O)N[C@]2(C(=O)NS(=O)(=O)C3(C)CC3)C[C@H]2/C=C\CC[C@H](C)C[C@H]1C. The number of nitrogens with zero attached hydrogens (tertiary/aromatic N) is 3. The number of pyridine rings is 1. The van der Waals surface area contributed by atoms with Crippen LogP contribution in [0.2, 0.25) is 0 Å². The third-order valence-electron chi connectivity index (χ3n) is 13.0. The molecule has 3 N–H and O–H groups in total. The van der Waals surface area contributed by atoms with Crippen LogP contribution in [-0.2, 0) is 24.4 Å². The molecule has 2 saturated carbocycles. The Morgan fingerprint density at radius 3 is 2.41 bits per heavy atom. The summed E-state index contributed by atoms with van der Waals surface area (Å²) in [6.07, 6.45) is 3.10. The smallest absolute Gasteiger partial charge is 0.408 e. The van der Waals surface area contributed by atoms with Crippen molar-refractivity contribution in [3.63, 3.8) is 0 Å². The van der Waals surface area contributed by atoms with Crippen molar-refractivity contribution in [2.75, 3.05) is 7.11 Å². The molecule has 8 atom stereocenters. The van der Waals surface area contributed by atoms with Gasteiger partial charge in [0.05, 0.1) is 18.0 Å². The minimum absolute atomic E-state index is 0.0316. The molecule has 1 saturated heterocycles. The molecule has 18 heteroatoms. The van der Waals surface area contributed by atoms with E-state index in [9.17, 15) is 27.9 Å². The lowest BCUT2D eigenvalue weighted by Crippen LogP contribution is -2.64. The Morgan fingerprint density at radius 1 is 1.11 bits per heavy atom. The average Bonchev–Trinajstić information content (AvgIpc) is 4.08. The minimum Gasteiger partial charge on any atom is -0.497 e. The second kappa shape index (κ2) is 16.5. The number of carbonyl (C=O) groups is 4. The van der Waals surface area contributed by atoms with Crippen LogP contribution < -0.4 is 24.2 Å². The number of methoxy groups -OCH3 is 1. The monoisotopic (exact) mass is 875 g/mol. The van der Waals surface area contributed by atoms with Crippen LogP contribution in [0.4, 0.5) is 13.6 Å². The number of hydrogen-bond acceptors (Lipinski definition) is 10. The van der Waals surface area contributed by atoms with Gasteiger partial charge < -0.3 is 24.6 Å². The van der Waals surface area contributed by atoms with Crippen LogP contribution in [0.25, 0.3) is 10.8 Å². The lowest BCUT2D eigenvalue weighted by Gasteiger charge is -2.42. The molecule has 1 aromatic heterocycles. The zero-order valence-corrected chi connectivity index (χ0v) is 37.1. The number of sulfonamides is 1. The standard InChI is InChI=1S/C43H59F2N5O10S/c1-10-27(6)49(39(54)55)34-26(5)19-25(4)13-11-12-14-29-22-42(29,38(53)48-61(56,57)40(7)17-18-40)47-35(51)32-23-41(8,43(44,45)50(32)37(34)52)60-36-31-16-15-30(58-9)20-28(31)21-33(46-36)59-24(2)3/h12,14-16,20-21,24-27,29,32,34H,10-11,13,17-19,22-23H2,1-9H3,(H,47,51)(H,48,53)(H,54,55)/b14-12-/t25-,26+,27?,29+,32-,34-,41+,42+/m0/s1. The van der Waals surface area contributed by atoms with Crippen LogP contribution >= 0.6 is 0 Å². The third kappa shape index (κ3) is 8.57. The zero-order valence-electron chi connectivity index (χ0n) is 36.3. The van der Waals surface area contributed by atoms with Gasteiger partial charge in [-0.3, -0.25) is 28.9 Å². The lowest BCUT2D eigenvalue weighted by atomic mass is 9.86. The topological polar surface area (TPSA) is 194 Å². The number of fused-ring (bicyclic) bond motifs is 3. The highest BCUT2D eigenvalue weighted by molar-refractivity contribution is 7.91. The largest absolute Gasteiger partial charge is 0.497 e. The zero-order chi connectivity index (χ0) is 45.0. The van der Waals surface area contributed by atoms with E-state index in [0.29, 0.717) is 36.8 Å². The molecular formula is C43H59F2N5O10S. The summed E-state index contributed by atoms with van der Waals surface area (Å²) < 4.78 is 80.7. The van der Waals surface area contributed by atoms with Crippen LogP contribution in [0.5, 0.6) is 17.5 Å². The van der Waals surface area contributed by atoms with E-state index in [1.54, 1.807) is 65.0 Å². The van der Waals surface area contributed by atoms with Gasteiger partial charge in [0.15, 0.2) is 5.60 Å². The van der Waals surface area contributed by atoms with Gasteiger partial charge in [0.2, 0.25) is 27.7 Å². The fourth-order valence-electron chi connectivity index (χ4n) is 8.69. The summed E-state index contributed by atoms with van der Waals surface area (Å²) in [5.41, 5.74) is -4.54. The maximum absolute atomic E-state index is 17.8. The van der Waals surface area contributed by atoms with Crippen molar-refractivity contribution >= 4 is 44.6 Å². The predicted octanol–water partition coefficient (Wildman–Crippen LogP) is 6.39. The van der Waals surface area contributed by atoms with Gasteiger partial charge in [-0.1, -0.05) is 32.9 Å². The van der Waals surface area contributed by atoms with E-state index >= 15 is 13.6 Å². The first-order valence-electron chi connectivity index (χ1n) is 21.1. The second-order valence-electron chi connectivity index (χ2n) is 18.2. The van der Waals surface area contributed by atoms with Crippen LogP contribution in [0.1, 0.15) is 107 Å². The van der Waals surface area contributed by atoms with Crippen molar-refractivity contribution in [3.8, 4) is 17.5 Å². The van der Waals surface area contributed by atoms with Crippen LogP contribution in [0.15, 0.2) is 36.4 Å². The van der Waals surface area contributed by atoms with Gasteiger partial charge in [0.25, 0.3) is 11.8 Å². The number of carboxylic acid groups (broad SMARTS) is 1. The molecule has 3 heterocycles. The Morgan fingerprint density at radius 2 is 1.80 bits per heavy atom. The van der Waals surface area contributed by atoms with Gasteiger partial charge in [-0.2, -0.15) is 13.8 Å². The van der Waals surface area contributed by atoms with Crippen molar-refractivity contribution in [1.29, 1.82) is 0 Å². The predicted molar refractivity (Wildman–Crippen MR) is 222 cm³/mol. The molecule has 4 aliphatic rings. The van der Waals surface area contributed by atoms with Crippen LogP contribution in [-0.4, -0.2) is 105 Å². The first-order valence-corrected chi connectivity index (χ1v) is 22.5. The molecule has 15 nitrogen and oxygen atoms in total. The maximum Gasteiger partial charge on any atom is 0.408 e. The molecular weight excluding hydrogens is 817 g/mol. The van der Waals surface area contributed by atoms with Crippen molar-refractivity contribution in [2.45, 2.75) is 153 Å². The summed E-state index contributed by atoms with van der Waals surface area (Å²) in [6.45, 7) is 12.9. The van der Waals surface area contributed by atoms with Gasteiger partial charge in [-0.25, -0.2) is 13.2 Å².